The molecule has 0 aliphatic carbocycles. The fourth-order valence-electron chi connectivity index (χ4n) is 1.87. The minimum atomic E-state index is 0.0584. The minimum Gasteiger partial charge on any atom is -0.349 e. The molecule has 0 aromatic carbocycles. The standard InChI is InChI=1S/C9H17NO2/c1-2-4-10(5-3-1)8-9-11-6-7-12-9/h9H,1-8H2. The van der Waals surface area contributed by atoms with Gasteiger partial charge >= 0.3 is 0 Å². The van der Waals surface area contributed by atoms with Gasteiger partial charge in [0.2, 0.25) is 0 Å². The van der Waals surface area contributed by atoms with E-state index in [2.05, 4.69) is 4.90 Å². The number of hydrogen-bond acceptors (Lipinski definition) is 3. The van der Waals surface area contributed by atoms with Crippen LogP contribution in [-0.4, -0.2) is 44.0 Å². The van der Waals surface area contributed by atoms with E-state index in [1.165, 1.54) is 32.4 Å². The monoisotopic (exact) mass is 171 g/mol. The van der Waals surface area contributed by atoms with Crippen molar-refractivity contribution in [1.29, 1.82) is 0 Å². The summed E-state index contributed by atoms with van der Waals surface area (Å²) in [6, 6.07) is 0. The Hall–Kier alpha value is -0.120. The predicted molar refractivity (Wildman–Crippen MR) is 46.0 cm³/mol. The second-order valence-corrected chi connectivity index (χ2v) is 3.53. The quantitative estimate of drug-likeness (QED) is 0.614. The van der Waals surface area contributed by atoms with Gasteiger partial charge in [0, 0.05) is 6.54 Å². The third-order valence-electron chi connectivity index (χ3n) is 2.55. The van der Waals surface area contributed by atoms with Gasteiger partial charge < -0.3 is 9.47 Å². The van der Waals surface area contributed by atoms with Crippen LogP contribution >= 0.6 is 0 Å². The largest absolute Gasteiger partial charge is 0.349 e. The molecule has 12 heavy (non-hydrogen) atoms. The molecule has 0 atom stereocenters. The maximum Gasteiger partial charge on any atom is 0.170 e. The van der Waals surface area contributed by atoms with Crippen LogP contribution in [0.4, 0.5) is 0 Å². The highest BCUT2D eigenvalue weighted by Crippen LogP contribution is 2.12. The van der Waals surface area contributed by atoms with Crippen molar-refractivity contribution >= 4 is 0 Å². The predicted octanol–water partition coefficient (Wildman–Crippen LogP) is 0.845. The fraction of sp³-hybridized carbons (Fsp3) is 1.00. The molecule has 70 valence electrons. The van der Waals surface area contributed by atoms with Crippen LogP contribution in [0.15, 0.2) is 0 Å². The Morgan fingerprint density at radius 3 is 2.33 bits per heavy atom. The molecule has 0 aromatic rings. The maximum absolute atomic E-state index is 5.39. The highest BCUT2D eigenvalue weighted by atomic mass is 16.7. The van der Waals surface area contributed by atoms with Crippen LogP contribution in [0.25, 0.3) is 0 Å². The Morgan fingerprint density at radius 2 is 1.67 bits per heavy atom. The Balaban J connectivity index is 1.69. The Kier molecular flexibility index (Phi) is 2.98. The average Bonchev–Trinajstić information content (AvgIpc) is 2.59. The molecule has 2 rings (SSSR count). The zero-order valence-corrected chi connectivity index (χ0v) is 7.50. The molecule has 0 amide bonds. The lowest BCUT2D eigenvalue weighted by Gasteiger charge is -2.27. The van der Waals surface area contributed by atoms with E-state index in [1.54, 1.807) is 0 Å². The van der Waals surface area contributed by atoms with Crippen molar-refractivity contribution in [2.24, 2.45) is 0 Å². The van der Waals surface area contributed by atoms with Gasteiger partial charge in [-0.25, -0.2) is 0 Å². The number of hydrogen-bond donors (Lipinski definition) is 0. The summed E-state index contributed by atoms with van der Waals surface area (Å²) < 4.78 is 10.8. The van der Waals surface area contributed by atoms with Gasteiger partial charge in [-0.15, -0.1) is 0 Å². The van der Waals surface area contributed by atoms with Crippen molar-refractivity contribution < 1.29 is 9.47 Å². The summed E-state index contributed by atoms with van der Waals surface area (Å²) in [4.78, 5) is 2.44. The smallest absolute Gasteiger partial charge is 0.170 e. The van der Waals surface area contributed by atoms with Crippen molar-refractivity contribution in [3.63, 3.8) is 0 Å². The molecule has 2 aliphatic rings. The highest BCUT2D eigenvalue weighted by molar-refractivity contribution is 4.67. The molecule has 3 nitrogen and oxygen atoms in total. The summed E-state index contributed by atoms with van der Waals surface area (Å²) in [5.74, 6) is 0. The first kappa shape index (κ1) is 8.48. The molecule has 0 radical (unpaired) electrons. The van der Waals surface area contributed by atoms with Crippen molar-refractivity contribution in [1.82, 2.24) is 4.90 Å². The van der Waals surface area contributed by atoms with Gasteiger partial charge in [-0.2, -0.15) is 0 Å². The Bertz CT molecular complexity index is 128. The summed E-state index contributed by atoms with van der Waals surface area (Å²) in [5.41, 5.74) is 0. The SMILES string of the molecule is C1CCN(CC2OCCO2)CC1. The first-order valence-electron chi connectivity index (χ1n) is 4.91. The molecular formula is C9H17NO2. The van der Waals surface area contributed by atoms with Crippen LogP contribution in [0.3, 0.4) is 0 Å². The van der Waals surface area contributed by atoms with Crippen molar-refractivity contribution in [2.75, 3.05) is 32.8 Å². The molecule has 0 saturated carbocycles. The molecule has 0 spiro atoms. The van der Waals surface area contributed by atoms with Crippen molar-refractivity contribution in [2.45, 2.75) is 25.6 Å². The van der Waals surface area contributed by atoms with Crippen molar-refractivity contribution in [3.05, 3.63) is 0 Å². The summed E-state index contributed by atoms with van der Waals surface area (Å²) in [6.45, 7) is 4.98. The van der Waals surface area contributed by atoms with E-state index in [-0.39, 0.29) is 6.29 Å². The highest BCUT2D eigenvalue weighted by Gasteiger charge is 2.20. The van der Waals surface area contributed by atoms with E-state index in [9.17, 15) is 0 Å². The molecule has 3 heteroatoms. The number of piperidine rings is 1. The van der Waals surface area contributed by atoms with E-state index in [0.29, 0.717) is 0 Å². The summed E-state index contributed by atoms with van der Waals surface area (Å²) in [7, 11) is 0. The topological polar surface area (TPSA) is 21.7 Å². The molecule has 0 aromatic heterocycles. The van der Waals surface area contributed by atoms with E-state index in [4.69, 9.17) is 9.47 Å². The first-order valence-corrected chi connectivity index (χ1v) is 4.91. The maximum atomic E-state index is 5.39. The van der Waals surface area contributed by atoms with Crippen LogP contribution in [0.1, 0.15) is 19.3 Å². The lowest BCUT2D eigenvalue weighted by molar-refractivity contribution is -0.0641. The van der Waals surface area contributed by atoms with Crippen LogP contribution < -0.4 is 0 Å². The van der Waals surface area contributed by atoms with Gasteiger partial charge in [-0.3, -0.25) is 4.90 Å². The van der Waals surface area contributed by atoms with E-state index in [0.717, 1.165) is 19.8 Å². The van der Waals surface area contributed by atoms with Gasteiger partial charge in [-0.05, 0) is 25.9 Å². The lowest BCUT2D eigenvalue weighted by atomic mass is 10.1. The first-order chi connectivity index (χ1) is 5.95. The van der Waals surface area contributed by atoms with Gasteiger partial charge in [0.05, 0.1) is 13.2 Å². The van der Waals surface area contributed by atoms with Gasteiger partial charge in [0.15, 0.2) is 6.29 Å². The molecule has 2 saturated heterocycles. The van der Waals surface area contributed by atoms with E-state index >= 15 is 0 Å². The van der Waals surface area contributed by atoms with Crippen molar-refractivity contribution in [3.8, 4) is 0 Å². The number of likely N-dealkylation sites (tertiary alicyclic amines) is 1. The summed E-state index contributed by atoms with van der Waals surface area (Å²) >= 11 is 0. The van der Waals surface area contributed by atoms with Gasteiger partial charge in [0.25, 0.3) is 0 Å². The van der Waals surface area contributed by atoms with E-state index < -0.39 is 0 Å². The van der Waals surface area contributed by atoms with Gasteiger partial charge in [-0.1, -0.05) is 6.42 Å². The zero-order chi connectivity index (χ0) is 8.23. The normalized spacial score (nSPS) is 28.0. The second kappa shape index (κ2) is 4.21. The lowest BCUT2D eigenvalue weighted by Crippen LogP contribution is -2.36. The summed E-state index contributed by atoms with van der Waals surface area (Å²) in [6.07, 6.45) is 4.13. The minimum absolute atomic E-state index is 0.0584. The average molecular weight is 171 g/mol. The molecule has 2 aliphatic heterocycles. The fourth-order valence-corrected chi connectivity index (χ4v) is 1.87. The third kappa shape index (κ3) is 2.19. The molecular weight excluding hydrogens is 154 g/mol. The van der Waals surface area contributed by atoms with Crippen LogP contribution in [0.2, 0.25) is 0 Å². The Labute approximate surface area is 73.6 Å². The molecule has 0 unspecified atom stereocenters. The van der Waals surface area contributed by atoms with E-state index in [1.807, 2.05) is 0 Å². The van der Waals surface area contributed by atoms with Crippen LogP contribution in [0, 0.1) is 0 Å². The van der Waals surface area contributed by atoms with Crippen LogP contribution in [0.5, 0.6) is 0 Å². The van der Waals surface area contributed by atoms with Crippen LogP contribution in [-0.2, 0) is 9.47 Å². The second-order valence-electron chi connectivity index (χ2n) is 3.53. The Morgan fingerprint density at radius 1 is 1.00 bits per heavy atom. The number of nitrogens with zero attached hydrogens (tertiary/aromatic N) is 1. The molecule has 0 bridgehead atoms. The molecule has 2 fully saturated rings. The molecule has 2 heterocycles. The number of rotatable bonds is 2. The molecule has 0 N–H and O–H groups in total. The zero-order valence-electron chi connectivity index (χ0n) is 7.50. The summed E-state index contributed by atoms with van der Waals surface area (Å²) in [5, 5.41) is 0. The number of ether oxygens (including phenoxy) is 2. The van der Waals surface area contributed by atoms with Gasteiger partial charge in [0.1, 0.15) is 0 Å². The third-order valence-corrected chi connectivity index (χ3v) is 2.55.